The summed E-state index contributed by atoms with van der Waals surface area (Å²) in [5, 5.41) is 1.08. The Hall–Kier alpha value is -4.52. The molecule has 1 saturated heterocycles. The van der Waals surface area contributed by atoms with Gasteiger partial charge in [0.15, 0.2) is 0 Å². The summed E-state index contributed by atoms with van der Waals surface area (Å²) in [5.41, 5.74) is 5.34. The standard InChI is InChI=1S/C36H40ClN7O2/c1-9-25-33(43-17-15-42(16-18-43)29(45)10-2)27-19-28(37)32(26-14-12-11-13-24(26)20-41(7)8)40-35(27)44(36(25)46)34-30(22(3)4)38-21-39-31(34)23(5)6/h1,10-14,19,21-23H,2,15-18,20H2,3-8H3. The molecule has 0 radical (unpaired) electrons. The average molecular weight is 638 g/mol. The average Bonchev–Trinajstić information content (AvgIpc) is 3.03. The van der Waals surface area contributed by atoms with Crippen LogP contribution in [0.15, 0.2) is 54.1 Å². The molecule has 1 fully saturated rings. The van der Waals surface area contributed by atoms with E-state index in [4.69, 9.17) is 23.0 Å². The molecule has 3 aromatic heterocycles. The van der Waals surface area contributed by atoms with Gasteiger partial charge in [0.2, 0.25) is 5.91 Å². The van der Waals surface area contributed by atoms with Gasteiger partial charge in [0.25, 0.3) is 5.56 Å². The Balaban J connectivity index is 1.90. The van der Waals surface area contributed by atoms with Gasteiger partial charge in [-0.05, 0) is 43.6 Å². The van der Waals surface area contributed by atoms with E-state index in [-0.39, 0.29) is 28.9 Å². The van der Waals surface area contributed by atoms with Crippen molar-refractivity contribution in [1.29, 1.82) is 0 Å². The number of hydrogen-bond donors (Lipinski definition) is 0. The number of piperazine rings is 1. The number of hydrogen-bond acceptors (Lipinski definition) is 7. The van der Waals surface area contributed by atoms with Gasteiger partial charge in [0.05, 0.1) is 33.5 Å². The Morgan fingerprint density at radius 1 is 1.07 bits per heavy atom. The van der Waals surface area contributed by atoms with Gasteiger partial charge in [-0.3, -0.25) is 14.2 Å². The first-order chi connectivity index (χ1) is 22.0. The van der Waals surface area contributed by atoms with Gasteiger partial charge in [-0.15, -0.1) is 6.42 Å². The Bertz CT molecular complexity index is 1890. The van der Waals surface area contributed by atoms with Gasteiger partial charge in [0, 0.05) is 43.7 Å². The van der Waals surface area contributed by atoms with E-state index in [1.807, 2.05) is 66.1 Å². The molecule has 4 heterocycles. The van der Waals surface area contributed by atoms with Crippen molar-refractivity contribution in [2.45, 2.75) is 46.1 Å². The summed E-state index contributed by atoms with van der Waals surface area (Å²) in [7, 11) is 4.02. The van der Waals surface area contributed by atoms with Crippen LogP contribution in [0.2, 0.25) is 5.02 Å². The van der Waals surface area contributed by atoms with Crippen LogP contribution >= 0.6 is 11.6 Å². The van der Waals surface area contributed by atoms with Crippen LogP contribution in [0.3, 0.4) is 0 Å². The number of carbonyl (C=O) groups excluding carboxylic acids is 1. The van der Waals surface area contributed by atoms with Crippen LogP contribution in [0.5, 0.6) is 0 Å². The molecule has 9 nitrogen and oxygen atoms in total. The number of terminal acetylenes is 1. The first-order valence-corrected chi connectivity index (χ1v) is 15.9. The van der Waals surface area contributed by atoms with E-state index in [9.17, 15) is 9.59 Å². The zero-order chi connectivity index (χ0) is 33.3. The van der Waals surface area contributed by atoms with Gasteiger partial charge in [0.1, 0.15) is 17.5 Å². The first kappa shape index (κ1) is 32.9. The number of fused-ring (bicyclic) bond motifs is 1. The predicted molar refractivity (Wildman–Crippen MR) is 186 cm³/mol. The lowest BCUT2D eigenvalue weighted by molar-refractivity contribution is -0.126. The van der Waals surface area contributed by atoms with Gasteiger partial charge in [-0.25, -0.2) is 15.0 Å². The van der Waals surface area contributed by atoms with E-state index >= 15 is 0 Å². The van der Waals surface area contributed by atoms with Crippen LogP contribution in [-0.4, -0.2) is 75.5 Å². The summed E-state index contributed by atoms with van der Waals surface area (Å²) in [6, 6.07) is 9.87. The smallest absolute Gasteiger partial charge is 0.274 e. The van der Waals surface area contributed by atoms with Crippen molar-refractivity contribution in [2.75, 3.05) is 45.2 Å². The summed E-state index contributed by atoms with van der Waals surface area (Å²) in [6.07, 6.45) is 9.03. The second-order valence-corrected chi connectivity index (χ2v) is 12.8. The molecule has 238 valence electrons. The SMILES string of the molecule is C#Cc1c(N2CCN(C(=O)C=C)CC2)c2cc(Cl)c(-c3ccccc3CN(C)C)nc2n(-c2c(C(C)C)ncnc2C(C)C)c1=O. The number of amides is 1. The van der Waals surface area contributed by atoms with E-state index in [0.29, 0.717) is 65.8 Å². The van der Waals surface area contributed by atoms with E-state index in [0.717, 1.165) is 22.5 Å². The molecule has 1 aliphatic rings. The van der Waals surface area contributed by atoms with Crippen molar-refractivity contribution >= 4 is 34.2 Å². The molecule has 0 unspecified atom stereocenters. The molecule has 0 bridgehead atoms. The van der Waals surface area contributed by atoms with Crippen LogP contribution < -0.4 is 10.5 Å². The van der Waals surface area contributed by atoms with E-state index in [1.165, 1.54) is 6.08 Å². The van der Waals surface area contributed by atoms with Crippen LogP contribution in [0.4, 0.5) is 5.69 Å². The van der Waals surface area contributed by atoms with Crippen LogP contribution in [0.1, 0.15) is 62.0 Å². The van der Waals surface area contributed by atoms with Crippen molar-refractivity contribution in [3.63, 3.8) is 0 Å². The number of nitrogens with zero attached hydrogens (tertiary/aromatic N) is 7. The lowest BCUT2D eigenvalue weighted by atomic mass is 9.99. The summed E-state index contributed by atoms with van der Waals surface area (Å²) in [6.45, 7) is 14.3. The maximum absolute atomic E-state index is 14.8. The molecule has 0 aliphatic carbocycles. The monoisotopic (exact) mass is 637 g/mol. The quantitative estimate of drug-likeness (QED) is 0.183. The van der Waals surface area contributed by atoms with E-state index in [2.05, 4.69) is 38.3 Å². The number of aromatic nitrogens is 4. The van der Waals surface area contributed by atoms with Gasteiger partial charge < -0.3 is 14.7 Å². The molecular formula is C36H40ClN7O2. The third-order valence-corrected chi connectivity index (χ3v) is 8.55. The highest BCUT2D eigenvalue weighted by Gasteiger charge is 2.30. The van der Waals surface area contributed by atoms with Crippen molar-refractivity contribution < 1.29 is 4.79 Å². The van der Waals surface area contributed by atoms with Crippen molar-refractivity contribution in [2.24, 2.45) is 0 Å². The van der Waals surface area contributed by atoms with E-state index < -0.39 is 0 Å². The third-order valence-electron chi connectivity index (χ3n) is 8.26. The highest BCUT2D eigenvalue weighted by molar-refractivity contribution is 6.34. The summed E-state index contributed by atoms with van der Waals surface area (Å²) < 4.78 is 1.60. The highest BCUT2D eigenvalue weighted by atomic mass is 35.5. The number of halogens is 1. The number of carbonyl (C=O) groups is 1. The molecule has 0 atom stereocenters. The molecule has 46 heavy (non-hydrogen) atoms. The molecule has 4 aromatic rings. The molecule has 1 aromatic carbocycles. The minimum absolute atomic E-state index is 0.0190. The fraction of sp³-hybridized carbons (Fsp3) is 0.361. The molecule has 0 saturated carbocycles. The number of anilines is 1. The number of pyridine rings is 2. The van der Waals surface area contributed by atoms with Crippen molar-refractivity contribution in [3.8, 4) is 29.3 Å². The van der Waals surface area contributed by atoms with Gasteiger partial charge in [-0.1, -0.05) is 76.1 Å². The Morgan fingerprint density at radius 2 is 1.70 bits per heavy atom. The number of benzene rings is 1. The largest absolute Gasteiger partial charge is 0.366 e. The summed E-state index contributed by atoms with van der Waals surface area (Å²) >= 11 is 7.12. The fourth-order valence-corrected chi connectivity index (χ4v) is 6.37. The van der Waals surface area contributed by atoms with Crippen molar-refractivity contribution in [3.05, 3.63) is 87.2 Å². The minimum Gasteiger partial charge on any atom is -0.366 e. The second kappa shape index (κ2) is 13.5. The zero-order valence-corrected chi connectivity index (χ0v) is 28.1. The Morgan fingerprint density at radius 3 is 2.26 bits per heavy atom. The van der Waals surface area contributed by atoms with Gasteiger partial charge in [-0.2, -0.15) is 0 Å². The molecular weight excluding hydrogens is 598 g/mol. The van der Waals surface area contributed by atoms with Crippen LogP contribution in [-0.2, 0) is 11.3 Å². The normalized spacial score (nSPS) is 13.6. The van der Waals surface area contributed by atoms with Gasteiger partial charge >= 0.3 is 0 Å². The molecule has 1 amide bonds. The third kappa shape index (κ3) is 6.03. The summed E-state index contributed by atoms with van der Waals surface area (Å²) in [5.74, 6) is 2.55. The molecule has 0 N–H and O–H groups in total. The van der Waals surface area contributed by atoms with Crippen LogP contribution in [0, 0.1) is 12.3 Å². The Kier molecular flexibility index (Phi) is 9.61. The fourth-order valence-electron chi connectivity index (χ4n) is 6.11. The van der Waals surface area contributed by atoms with Crippen LogP contribution in [0.25, 0.3) is 28.0 Å². The summed E-state index contributed by atoms with van der Waals surface area (Å²) in [4.78, 5) is 47.5. The van der Waals surface area contributed by atoms with E-state index in [1.54, 1.807) is 15.8 Å². The lowest BCUT2D eigenvalue weighted by Crippen LogP contribution is -2.49. The van der Waals surface area contributed by atoms with Crippen molar-refractivity contribution in [1.82, 2.24) is 29.3 Å². The molecule has 5 rings (SSSR count). The number of rotatable bonds is 8. The topological polar surface area (TPSA) is 87.5 Å². The second-order valence-electron chi connectivity index (χ2n) is 12.4. The Labute approximate surface area is 275 Å². The molecule has 10 heteroatoms. The lowest BCUT2D eigenvalue weighted by Gasteiger charge is -2.37. The maximum atomic E-state index is 14.8. The minimum atomic E-state index is -0.379. The molecule has 1 aliphatic heterocycles. The zero-order valence-electron chi connectivity index (χ0n) is 27.3. The highest BCUT2D eigenvalue weighted by Crippen LogP contribution is 2.38. The maximum Gasteiger partial charge on any atom is 0.274 e. The predicted octanol–water partition coefficient (Wildman–Crippen LogP) is 5.62. The molecule has 0 spiro atoms. The first-order valence-electron chi connectivity index (χ1n) is 15.5.